The lowest BCUT2D eigenvalue weighted by molar-refractivity contribution is -0.124. The normalized spacial score (nSPS) is 12.8. The molecule has 2 aromatic rings. The van der Waals surface area contributed by atoms with Gasteiger partial charge in [0, 0.05) is 14.0 Å². The highest BCUT2D eigenvalue weighted by molar-refractivity contribution is 6.43. The summed E-state index contributed by atoms with van der Waals surface area (Å²) in [6, 6.07) is 8.73. The molecule has 0 saturated carbocycles. The number of methoxy groups -OCH3 is 1. The Morgan fingerprint density at radius 3 is 2.47 bits per heavy atom. The standard InChI is InChI=1S/C20H28BN3O6/c1-13-18(30-14(2)22-13)20(26)23-16(12-29-3)19(25)24-17(21(27)28)11-7-10-15-8-5-4-6-9-15/h4-6,8-9,16-17,27-28H,7,10-12H2,1-3H3,(H,23,26)(H,24,25)/t16?,17-/m0/s1. The van der Waals surface area contributed by atoms with E-state index in [1.165, 1.54) is 7.11 Å². The van der Waals surface area contributed by atoms with E-state index >= 15 is 0 Å². The summed E-state index contributed by atoms with van der Waals surface area (Å²) in [4.78, 5) is 29.1. The van der Waals surface area contributed by atoms with Crippen LogP contribution >= 0.6 is 0 Å². The number of oxazole rings is 1. The Morgan fingerprint density at radius 2 is 1.90 bits per heavy atom. The summed E-state index contributed by atoms with van der Waals surface area (Å²) in [6.07, 6.45) is 1.74. The molecule has 0 aliphatic heterocycles. The Bertz CT molecular complexity index is 827. The number of amides is 2. The van der Waals surface area contributed by atoms with Crippen LogP contribution in [0, 0.1) is 13.8 Å². The van der Waals surface area contributed by atoms with Crippen molar-refractivity contribution in [2.24, 2.45) is 0 Å². The molecule has 2 atom stereocenters. The van der Waals surface area contributed by atoms with Crippen molar-refractivity contribution in [3.8, 4) is 0 Å². The van der Waals surface area contributed by atoms with Crippen LogP contribution in [0.3, 0.4) is 0 Å². The zero-order chi connectivity index (χ0) is 22.1. The lowest BCUT2D eigenvalue weighted by atomic mass is 9.76. The first-order valence-electron chi connectivity index (χ1n) is 9.76. The number of benzene rings is 1. The molecule has 0 bridgehead atoms. The van der Waals surface area contributed by atoms with E-state index in [4.69, 9.17) is 9.15 Å². The maximum Gasteiger partial charge on any atom is 0.475 e. The Balaban J connectivity index is 1.96. The Hall–Kier alpha value is -2.69. The predicted molar refractivity (Wildman–Crippen MR) is 111 cm³/mol. The number of nitrogens with zero attached hydrogens (tertiary/aromatic N) is 1. The molecule has 0 aliphatic carbocycles. The first kappa shape index (κ1) is 23.6. The van der Waals surface area contributed by atoms with Gasteiger partial charge < -0.3 is 29.8 Å². The molecule has 1 unspecified atom stereocenters. The van der Waals surface area contributed by atoms with Gasteiger partial charge in [-0.3, -0.25) is 9.59 Å². The molecule has 0 saturated heterocycles. The van der Waals surface area contributed by atoms with Gasteiger partial charge in [0.1, 0.15) is 6.04 Å². The molecule has 1 heterocycles. The molecule has 2 amide bonds. The van der Waals surface area contributed by atoms with E-state index in [1.54, 1.807) is 13.8 Å². The van der Waals surface area contributed by atoms with Crippen LogP contribution in [0.2, 0.25) is 0 Å². The summed E-state index contributed by atoms with van der Waals surface area (Å²) in [7, 11) is -0.336. The highest BCUT2D eigenvalue weighted by Crippen LogP contribution is 2.10. The van der Waals surface area contributed by atoms with Gasteiger partial charge in [-0.15, -0.1) is 0 Å². The number of aryl methyl sites for hydroxylation is 3. The summed E-state index contributed by atoms with van der Waals surface area (Å²) in [6.45, 7) is 3.15. The molecule has 1 aromatic heterocycles. The quantitative estimate of drug-likeness (QED) is 0.393. The van der Waals surface area contributed by atoms with E-state index in [-0.39, 0.29) is 12.4 Å². The van der Waals surface area contributed by atoms with Crippen LogP contribution in [0.15, 0.2) is 34.7 Å². The minimum Gasteiger partial charge on any atom is -0.436 e. The number of aromatic nitrogens is 1. The van der Waals surface area contributed by atoms with Crippen molar-refractivity contribution in [3.63, 3.8) is 0 Å². The second-order valence-corrected chi connectivity index (χ2v) is 7.04. The number of carbonyl (C=O) groups is 2. The second-order valence-electron chi connectivity index (χ2n) is 7.04. The number of nitrogens with one attached hydrogen (secondary N) is 2. The number of ether oxygens (including phenoxy) is 1. The van der Waals surface area contributed by atoms with Crippen LogP contribution in [0.5, 0.6) is 0 Å². The average Bonchev–Trinajstić information content (AvgIpc) is 3.05. The molecule has 1 aromatic carbocycles. The van der Waals surface area contributed by atoms with Crippen molar-refractivity contribution < 1.29 is 28.8 Å². The number of hydrogen-bond donors (Lipinski definition) is 4. The van der Waals surface area contributed by atoms with E-state index in [9.17, 15) is 19.6 Å². The SMILES string of the molecule is COCC(NC(=O)c1oc(C)nc1C)C(=O)N[C@@H](CCCc1ccccc1)B(O)O. The highest BCUT2D eigenvalue weighted by atomic mass is 16.5. The lowest BCUT2D eigenvalue weighted by Gasteiger charge is -2.22. The predicted octanol–water partition coefficient (Wildman–Crippen LogP) is 0.556. The van der Waals surface area contributed by atoms with Gasteiger partial charge in [0.25, 0.3) is 5.91 Å². The topological polar surface area (TPSA) is 134 Å². The molecule has 2 rings (SSSR count). The minimum absolute atomic E-state index is 0.0167. The zero-order valence-electron chi connectivity index (χ0n) is 17.4. The average molecular weight is 417 g/mol. The van der Waals surface area contributed by atoms with Crippen molar-refractivity contribution in [1.82, 2.24) is 15.6 Å². The number of hydrogen-bond acceptors (Lipinski definition) is 7. The number of carbonyl (C=O) groups excluding carboxylic acids is 2. The lowest BCUT2D eigenvalue weighted by Crippen LogP contribution is -2.55. The van der Waals surface area contributed by atoms with Crippen molar-refractivity contribution in [3.05, 3.63) is 53.2 Å². The molecule has 0 fully saturated rings. The smallest absolute Gasteiger partial charge is 0.436 e. The zero-order valence-corrected chi connectivity index (χ0v) is 17.4. The third-order valence-electron chi connectivity index (χ3n) is 4.58. The first-order chi connectivity index (χ1) is 14.3. The van der Waals surface area contributed by atoms with E-state index < -0.39 is 30.9 Å². The molecular weight excluding hydrogens is 389 g/mol. The monoisotopic (exact) mass is 417 g/mol. The maximum absolute atomic E-state index is 12.7. The minimum atomic E-state index is -1.73. The summed E-state index contributed by atoms with van der Waals surface area (Å²) in [5.41, 5.74) is 1.53. The molecule has 9 nitrogen and oxygen atoms in total. The largest absolute Gasteiger partial charge is 0.475 e. The van der Waals surface area contributed by atoms with Crippen LogP contribution in [0.25, 0.3) is 0 Å². The van der Waals surface area contributed by atoms with Gasteiger partial charge in [-0.25, -0.2) is 4.98 Å². The third kappa shape index (κ3) is 6.98. The van der Waals surface area contributed by atoms with Crippen molar-refractivity contribution >= 4 is 18.9 Å². The van der Waals surface area contributed by atoms with Crippen molar-refractivity contribution in [1.29, 1.82) is 0 Å². The Kier molecular flexibility index (Phi) is 9.03. The molecule has 162 valence electrons. The van der Waals surface area contributed by atoms with Crippen LogP contribution in [-0.4, -0.2) is 59.7 Å². The Morgan fingerprint density at radius 1 is 1.20 bits per heavy atom. The molecule has 0 spiro atoms. The van der Waals surface area contributed by atoms with E-state index in [0.29, 0.717) is 24.4 Å². The maximum atomic E-state index is 12.7. The Labute approximate surface area is 176 Å². The van der Waals surface area contributed by atoms with Gasteiger partial charge in [-0.1, -0.05) is 30.3 Å². The van der Waals surface area contributed by atoms with Gasteiger partial charge in [0.15, 0.2) is 5.89 Å². The van der Waals surface area contributed by atoms with Crippen LogP contribution in [-0.2, 0) is 16.0 Å². The van der Waals surface area contributed by atoms with Gasteiger partial charge in [0.05, 0.1) is 18.2 Å². The molecule has 10 heteroatoms. The van der Waals surface area contributed by atoms with Crippen LogP contribution in [0.4, 0.5) is 0 Å². The van der Waals surface area contributed by atoms with E-state index in [2.05, 4.69) is 15.6 Å². The fourth-order valence-corrected chi connectivity index (χ4v) is 3.07. The second kappa shape index (κ2) is 11.5. The van der Waals surface area contributed by atoms with Gasteiger partial charge in [0.2, 0.25) is 11.7 Å². The molecule has 0 aliphatic rings. The van der Waals surface area contributed by atoms with Crippen molar-refractivity contribution in [2.75, 3.05) is 13.7 Å². The number of rotatable bonds is 11. The summed E-state index contributed by atoms with van der Waals surface area (Å²) in [5, 5.41) is 24.5. The third-order valence-corrected chi connectivity index (χ3v) is 4.58. The molecule has 4 N–H and O–H groups in total. The fraction of sp³-hybridized carbons (Fsp3) is 0.450. The summed E-state index contributed by atoms with van der Waals surface area (Å²) < 4.78 is 10.3. The van der Waals surface area contributed by atoms with Gasteiger partial charge in [-0.05, 0) is 31.7 Å². The first-order valence-corrected chi connectivity index (χ1v) is 9.76. The van der Waals surface area contributed by atoms with Crippen LogP contribution in [0.1, 0.15) is 40.5 Å². The molecule has 0 radical (unpaired) electrons. The van der Waals surface area contributed by atoms with Crippen molar-refractivity contribution in [2.45, 2.75) is 45.1 Å². The summed E-state index contributed by atoms with van der Waals surface area (Å²) >= 11 is 0. The van der Waals surface area contributed by atoms with E-state index in [0.717, 1.165) is 12.0 Å². The summed E-state index contributed by atoms with van der Waals surface area (Å²) in [5.74, 6) is -1.71. The molecular formula is C20H28BN3O6. The van der Waals surface area contributed by atoms with Crippen LogP contribution < -0.4 is 10.6 Å². The van der Waals surface area contributed by atoms with Gasteiger partial charge >= 0.3 is 7.12 Å². The fourth-order valence-electron chi connectivity index (χ4n) is 3.07. The van der Waals surface area contributed by atoms with E-state index in [1.807, 2.05) is 30.3 Å². The molecule has 30 heavy (non-hydrogen) atoms. The van der Waals surface area contributed by atoms with Gasteiger partial charge in [-0.2, -0.15) is 0 Å². The highest BCUT2D eigenvalue weighted by Gasteiger charge is 2.30.